The second-order valence-corrected chi connectivity index (χ2v) is 8.63. The van der Waals surface area contributed by atoms with Gasteiger partial charge in [-0.15, -0.1) is 0 Å². The summed E-state index contributed by atoms with van der Waals surface area (Å²) in [6, 6.07) is 18.7. The molecule has 0 spiro atoms. The Morgan fingerprint density at radius 2 is 1.66 bits per heavy atom. The van der Waals surface area contributed by atoms with Crippen LogP contribution in [0.25, 0.3) is 43.7 Å². The molecule has 5 aromatic rings. The van der Waals surface area contributed by atoms with E-state index >= 15 is 0 Å². The van der Waals surface area contributed by atoms with Crippen molar-refractivity contribution in [1.82, 2.24) is 14.5 Å². The number of ether oxygens (including phenoxy) is 1. The zero-order valence-corrected chi connectivity index (χ0v) is 18.1. The number of morpholine rings is 1. The van der Waals surface area contributed by atoms with Crippen molar-refractivity contribution < 1.29 is 9.84 Å². The summed E-state index contributed by atoms with van der Waals surface area (Å²) in [6.45, 7) is 5.71. The molecule has 0 bridgehead atoms. The highest BCUT2D eigenvalue weighted by Crippen LogP contribution is 2.41. The van der Waals surface area contributed by atoms with E-state index in [-0.39, 0.29) is 0 Å². The molecule has 162 valence electrons. The number of phenolic OH excluding ortho intramolecular Hbond substituents is 1. The summed E-state index contributed by atoms with van der Waals surface area (Å²) in [6.07, 6.45) is 5.25. The van der Waals surface area contributed by atoms with Gasteiger partial charge in [-0.2, -0.15) is 0 Å². The number of aromatic amines is 1. The lowest BCUT2D eigenvalue weighted by molar-refractivity contribution is 0.0370. The van der Waals surface area contributed by atoms with Gasteiger partial charge in [-0.25, -0.2) is 0 Å². The van der Waals surface area contributed by atoms with Gasteiger partial charge >= 0.3 is 0 Å². The van der Waals surface area contributed by atoms with Crippen LogP contribution >= 0.6 is 0 Å². The van der Waals surface area contributed by atoms with E-state index in [1.807, 2.05) is 6.07 Å². The van der Waals surface area contributed by atoms with Gasteiger partial charge in [-0.05, 0) is 41.8 Å². The maximum absolute atomic E-state index is 10.3. The molecule has 2 aromatic heterocycles. The highest BCUT2D eigenvalue weighted by atomic mass is 16.5. The van der Waals surface area contributed by atoms with Gasteiger partial charge in [0.1, 0.15) is 5.75 Å². The van der Waals surface area contributed by atoms with E-state index in [4.69, 9.17) is 4.74 Å². The molecular weight excluding hydrogens is 398 g/mol. The number of benzene rings is 3. The Hall–Kier alpha value is -3.28. The lowest BCUT2D eigenvalue weighted by Gasteiger charge is -2.26. The number of nitrogens with one attached hydrogen (secondary N) is 1. The van der Waals surface area contributed by atoms with Gasteiger partial charge in [0.25, 0.3) is 0 Å². The van der Waals surface area contributed by atoms with Gasteiger partial charge in [0.2, 0.25) is 0 Å². The summed E-state index contributed by atoms with van der Waals surface area (Å²) in [4.78, 5) is 5.81. The SMILES string of the molecule is Oc1ccc2c(c1)c1c3c[nH]cc3c(-c3ccccc3)cc1n2CCCN1CCOCC1. The van der Waals surface area contributed by atoms with E-state index in [1.165, 1.54) is 38.3 Å². The molecule has 0 radical (unpaired) electrons. The first-order valence-electron chi connectivity index (χ1n) is 11.4. The van der Waals surface area contributed by atoms with Crippen LogP contribution < -0.4 is 0 Å². The fourth-order valence-electron chi connectivity index (χ4n) is 5.18. The predicted octanol–water partition coefficient (Wildman–Crippen LogP) is 5.37. The van der Waals surface area contributed by atoms with Crippen molar-refractivity contribution in [2.75, 3.05) is 32.8 Å². The molecule has 6 rings (SSSR count). The van der Waals surface area contributed by atoms with Gasteiger partial charge in [-0.1, -0.05) is 30.3 Å². The van der Waals surface area contributed by atoms with Gasteiger partial charge in [0.15, 0.2) is 0 Å². The second kappa shape index (κ2) is 8.01. The van der Waals surface area contributed by atoms with Crippen LogP contribution in [0.2, 0.25) is 0 Å². The van der Waals surface area contributed by atoms with Gasteiger partial charge in [-0.3, -0.25) is 4.90 Å². The molecule has 0 aliphatic carbocycles. The van der Waals surface area contributed by atoms with E-state index in [1.54, 1.807) is 6.07 Å². The number of aromatic nitrogens is 2. The molecule has 1 fully saturated rings. The van der Waals surface area contributed by atoms with Crippen molar-refractivity contribution in [2.24, 2.45) is 0 Å². The minimum atomic E-state index is 0.306. The highest BCUT2D eigenvalue weighted by molar-refractivity contribution is 6.23. The number of H-pyrrole nitrogens is 1. The molecule has 1 saturated heterocycles. The fourth-order valence-corrected chi connectivity index (χ4v) is 5.18. The first-order valence-corrected chi connectivity index (χ1v) is 11.4. The van der Waals surface area contributed by atoms with Crippen LogP contribution in [0.5, 0.6) is 5.75 Å². The van der Waals surface area contributed by atoms with Crippen LogP contribution in [-0.4, -0.2) is 52.4 Å². The summed E-state index contributed by atoms with van der Waals surface area (Å²) in [7, 11) is 0. The van der Waals surface area contributed by atoms with Gasteiger partial charge < -0.3 is 19.4 Å². The Kier molecular flexibility index (Phi) is 4.86. The number of nitrogens with zero attached hydrogens (tertiary/aromatic N) is 2. The summed E-state index contributed by atoms with van der Waals surface area (Å²) in [5.74, 6) is 0.306. The van der Waals surface area contributed by atoms with Gasteiger partial charge in [0, 0.05) is 65.6 Å². The van der Waals surface area contributed by atoms with Crippen LogP contribution in [0.3, 0.4) is 0 Å². The van der Waals surface area contributed by atoms with Crippen LogP contribution in [0.1, 0.15) is 6.42 Å². The number of rotatable bonds is 5. The molecule has 1 aliphatic rings. The van der Waals surface area contributed by atoms with Gasteiger partial charge in [0.05, 0.1) is 18.7 Å². The summed E-state index contributed by atoms with van der Waals surface area (Å²) in [5, 5.41) is 15.0. The third kappa shape index (κ3) is 3.25. The molecule has 32 heavy (non-hydrogen) atoms. The smallest absolute Gasteiger partial charge is 0.116 e. The Bertz CT molecular complexity index is 1390. The lowest BCUT2D eigenvalue weighted by Crippen LogP contribution is -2.37. The zero-order valence-electron chi connectivity index (χ0n) is 18.1. The average molecular weight is 426 g/mol. The Labute approximate surface area is 186 Å². The first-order chi connectivity index (χ1) is 15.8. The summed E-state index contributed by atoms with van der Waals surface area (Å²) in [5.41, 5.74) is 4.84. The molecule has 5 nitrogen and oxygen atoms in total. The summed E-state index contributed by atoms with van der Waals surface area (Å²) < 4.78 is 7.93. The highest BCUT2D eigenvalue weighted by Gasteiger charge is 2.18. The molecule has 5 heteroatoms. The minimum Gasteiger partial charge on any atom is -0.508 e. The minimum absolute atomic E-state index is 0.306. The van der Waals surface area contributed by atoms with E-state index in [0.717, 1.165) is 51.2 Å². The third-order valence-electron chi connectivity index (χ3n) is 6.72. The quantitative estimate of drug-likeness (QED) is 0.398. The average Bonchev–Trinajstić information content (AvgIpc) is 3.43. The van der Waals surface area contributed by atoms with E-state index in [9.17, 15) is 5.11 Å². The van der Waals surface area contributed by atoms with Crippen molar-refractivity contribution in [3.05, 3.63) is 67.0 Å². The Morgan fingerprint density at radius 3 is 2.50 bits per heavy atom. The van der Waals surface area contributed by atoms with Crippen LogP contribution in [0.4, 0.5) is 0 Å². The van der Waals surface area contributed by atoms with Crippen molar-refractivity contribution in [2.45, 2.75) is 13.0 Å². The molecule has 2 N–H and O–H groups in total. The normalized spacial score (nSPS) is 15.2. The zero-order chi connectivity index (χ0) is 21.5. The molecule has 3 aromatic carbocycles. The third-order valence-corrected chi connectivity index (χ3v) is 6.72. The van der Waals surface area contributed by atoms with Crippen molar-refractivity contribution in [3.8, 4) is 16.9 Å². The lowest BCUT2D eigenvalue weighted by atomic mass is 9.97. The molecule has 0 amide bonds. The largest absolute Gasteiger partial charge is 0.508 e. The monoisotopic (exact) mass is 425 g/mol. The van der Waals surface area contributed by atoms with Crippen LogP contribution in [-0.2, 0) is 11.3 Å². The molecule has 3 heterocycles. The number of aryl methyl sites for hydroxylation is 1. The van der Waals surface area contributed by atoms with Crippen molar-refractivity contribution in [3.63, 3.8) is 0 Å². The number of fused-ring (bicyclic) bond motifs is 5. The topological polar surface area (TPSA) is 53.4 Å². The standard InChI is InChI=1S/C27H27N3O2/c31-20-7-8-25-22(15-20)27-24-18-28-17-23(24)21(19-5-2-1-3-6-19)16-26(27)30(25)10-4-9-29-11-13-32-14-12-29/h1-3,5-8,15-18,28,31H,4,9-14H2. The molecule has 0 atom stereocenters. The maximum Gasteiger partial charge on any atom is 0.116 e. The van der Waals surface area contributed by atoms with Crippen molar-refractivity contribution >= 4 is 32.6 Å². The maximum atomic E-state index is 10.3. The van der Waals surface area contributed by atoms with E-state index in [2.05, 4.69) is 69.3 Å². The Balaban J connectivity index is 1.52. The van der Waals surface area contributed by atoms with E-state index in [0.29, 0.717) is 5.75 Å². The number of hydrogen-bond donors (Lipinski definition) is 2. The van der Waals surface area contributed by atoms with Crippen LogP contribution in [0, 0.1) is 0 Å². The number of aromatic hydroxyl groups is 1. The molecular formula is C27H27N3O2. The first kappa shape index (κ1) is 19.4. The molecule has 1 aliphatic heterocycles. The second-order valence-electron chi connectivity index (χ2n) is 8.63. The number of phenols is 1. The van der Waals surface area contributed by atoms with Crippen molar-refractivity contribution in [1.29, 1.82) is 0 Å². The Morgan fingerprint density at radius 1 is 0.844 bits per heavy atom. The summed E-state index contributed by atoms with van der Waals surface area (Å²) >= 11 is 0. The van der Waals surface area contributed by atoms with E-state index < -0.39 is 0 Å². The predicted molar refractivity (Wildman–Crippen MR) is 130 cm³/mol. The number of hydrogen-bond acceptors (Lipinski definition) is 3. The van der Waals surface area contributed by atoms with Crippen LogP contribution in [0.15, 0.2) is 67.0 Å². The fraction of sp³-hybridized carbons (Fsp3) is 0.259. The molecule has 0 saturated carbocycles. The molecule has 0 unspecified atom stereocenters.